The first-order valence-corrected chi connectivity index (χ1v) is 8.14. The molecule has 0 bridgehead atoms. The van der Waals surface area contributed by atoms with E-state index in [9.17, 15) is 4.79 Å². The molecule has 0 fully saturated rings. The fourth-order valence-corrected chi connectivity index (χ4v) is 2.50. The van der Waals surface area contributed by atoms with Gasteiger partial charge in [0.1, 0.15) is 5.76 Å². The van der Waals surface area contributed by atoms with E-state index in [-0.39, 0.29) is 5.91 Å². The lowest BCUT2D eigenvalue weighted by molar-refractivity contribution is 0.0947. The van der Waals surface area contributed by atoms with Crippen LogP contribution in [0.5, 0.6) is 0 Å². The summed E-state index contributed by atoms with van der Waals surface area (Å²) in [6.07, 6.45) is 4.65. The first-order chi connectivity index (χ1) is 12.2. The van der Waals surface area contributed by atoms with E-state index < -0.39 is 0 Å². The number of rotatable bonds is 6. The summed E-state index contributed by atoms with van der Waals surface area (Å²) in [4.78, 5) is 22.9. The highest BCUT2D eigenvalue weighted by Gasteiger charge is 2.12. The van der Waals surface area contributed by atoms with Gasteiger partial charge in [0, 0.05) is 24.6 Å². The number of carbonyl (C=O) groups is 1. The molecule has 3 rings (SSSR count). The third kappa shape index (κ3) is 4.03. The topological polar surface area (TPSA) is 71.3 Å². The van der Waals surface area contributed by atoms with E-state index in [0.29, 0.717) is 23.8 Å². The van der Waals surface area contributed by atoms with Gasteiger partial charge in [-0.05, 0) is 43.7 Å². The number of aromatic nitrogens is 2. The number of aryl methyl sites for hydroxylation is 1. The second-order valence-corrected chi connectivity index (χ2v) is 5.62. The van der Waals surface area contributed by atoms with Crippen LogP contribution in [0.2, 0.25) is 0 Å². The van der Waals surface area contributed by atoms with Crippen molar-refractivity contribution in [2.75, 3.05) is 11.4 Å². The average Bonchev–Trinajstić information content (AvgIpc) is 3.15. The molecule has 0 saturated carbocycles. The molecular weight excluding hydrogens is 316 g/mol. The largest absolute Gasteiger partial charge is 0.467 e. The summed E-state index contributed by atoms with van der Waals surface area (Å²) >= 11 is 0. The van der Waals surface area contributed by atoms with E-state index in [4.69, 9.17) is 4.42 Å². The van der Waals surface area contributed by atoms with Gasteiger partial charge in [-0.2, -0.15) is 0 Å². The molecule has 6 heteroatoms. The molecule has 0 atom stereocenters. The van der Waals surface area contributed by atoms with Crippen molar-refractivity contribution in [1.82, 2.24) is 15.3 Å². The predicted molar refractivity (Wildman–Crippen MR) is 95.8 cm³/mol. The smallest absolute Gasteiger partial charge is 0.254 e. The second-order valence-electron chi connectivity index (χ2n) is 5.62. The molecule has 2 heterocycles. The minimum atomic E-state index is -0.235. The zero-order chi connectivity index (χ0) is 17.6. The quantitative estimate of drug-likeness (QED) is 0.746. The van der Waals surface area contributed by atoms with Gasteiger partial charge in [-0.15, -0.1) is 0 Å². The van der Waals surface area contributed by atoms with Gasteiger partial charge >= 0.3 is 0 Å². The Labute approximate surface area is 146 Å². The van der Waals surface area contributed by atoms with Gasteiger partial charge in [-0.1, -0.05) is 12.1 Å². The number of nitrogens with zero attached hydrogens (tertiary/aromatic N) is 3. The van der Waals surface area contributed by atoms with Crippen molar-refractivity contribution in [3.63, 3.8) is 0 Å². The number of amides is 1. The van der Waals surface area contributed by atoms with Crippen LogP contribution in [0.3, 0.4) is 0 Å². The van der Waals surface area contributed by atoms with Crippen LogP contribution in [0, 0.1) is 6.92 Å². The Bertz CT molecular complexity index is 829. The SMILES string of the molecule is CCN(c1cccc(C)c1)c1ncc(C(=O)NCc2ccco2)cn1. The van der Waals surface area contributed by atoms with Crippen LogP contribution in [0.25, 0.3) is 0 Å². The van der Waals surface area contributed by atoms with Crippen LogP contribution in [-0.4, -0.2) is 22.4 Å². The maximum absolute atomic E-state index is 12.2. The van der Waals surface area contributed by atoms with Crippen molar-refractivity contribution in [3.05, 3.63) is 71.9 Å². The molecule has 0 radical (unpaired) electrons. The van der Waals surface area contributed by atoms with Gasteiger partial charge in [-0.25, -0.2) is 9.97 Å². The molecule has 6 nitrogen and oxygen atoms in total. The van der Waals surface area contributed by atoms with E-state index in [1.54, 1.807) is 18.4 Å². The summed E-state index contributed by atoms with van der Waals surface area (Å²) in [5, 5.41) is 2.78. The molecule has 3 aromatic rings. The molecule has 0 unspecified atom stereocenters. The molecule has 128 valence electrons. The second kappa shape index (κ2) is 7.61. The lowest BCUT2D eigenvalue weighted by Gasteiger charge is -2.21. The van der Waals surface area contributed by atoms with Crippen molar-refractivity contribution in [1.29, 1.82) is 0 Å². The molecule has 0 saturated heterocycles. The van der Waals surface area contributed by atoms with Crippen molar-refractivity contribution in [3.8, 4) is 0 Å². The van der Waals surface area contributed by atoms with Crippen molar-refractivity contribution in [2.45, 2.75) is 20.4 Å². The molecule has 2 aromatic heterocycles. The molecule has 1 amide bonds. The maximum Gasteiger partial charge on any atom is 0.254 e. The summed E-state index contributed by atoms with van der Waals surface area (Å²) < 4.78 is 5.19. The Morgan fingerprint density at radius 1 is 1.20 bits per heavy atom. The molecule has 1 aromatic carbocycles. The monoisotopic (exact) mass is 336 g/mol. The molecular formula is C19H20N4O2. The number of carbonyl (C=O) groups excluding carboxylic acids is 1. The van der Waals surface area contributed by atoms with Gasteiger partial charge < -0.3 is 14.6 Å². The number of benzene rings is 1. The number of hydrogen-bond acceptors (Lipinski definition) is 5. The maximum atomic E-state index is 12.2. The first kappa shape index (κ1) is 16.7. The van der Waals surface area contributed by atoms with Crippen molar-refractivity contribution >= 4 is 17.5 Å². The van der Waals surface area contributed by atoms with Gasteiger partial charge in [0.05, 0.1) is 18.4 Å². The first-order valence-electron chi connectivity index (χ1n) is 8.14. The lowest BCUT2D eigenvalue weighted by Crippen LogP contribution is -2.24. The van der Waals surface area contributed by atoms with Gasteiger partial charge in [0.15, 0.2) is 0 Å². The van der Waals surface area contributed by atoms with Crippen LogP contribution in [0.4, 0.5) is 11.6 Å². The number of hydrogen-bond donors (Lipinski definition) is 1. The molecule has 25 heavy (non-hydrogen) atoms. The lowest BCUT2D eigenvalue weighted by atomic mass is 10.2. The fraction of sp³-hybridized carbons (Fsp3) is 0.211. The van der Waals surface area contributed by atoms with E-state index in [0.717, 1.165) is 12.2 Å². The Kier molecular flexibility index (Phi) is 5.09. The fourth-order valence-electron chi connectivity index (χ4n) is 2.50. The van der Waals surface area contributed by atoms with E-state index in [1.165, 1.54) is 18.0 Å². The standard InChI is InChI=1S/C19H20N4O2/c1-3-23(16-7-4-6-14(2)10-16)19-21-11-15(12-22-19)18(24)20-13-17-8-5-9-25-17/h4-12H,3,13H2,1-2H3,(H,20,24). The number of anilines is 2. The minimum Gasteiger partial charge on any atom is -0.467 e. The summed E-state index contributed by atoms with van der Waals surface area (Å²) in [6.45, 7) is 5.14. The number of nitrogens with one attached hydrogen (secondary N) is 1. The molecule has 0 aliphatic carbocycles. The summed E-state index contributed by atoms with van der Waals surface area (Å²) in [5.41, 5.74) is 2.61. The van der Waals surface area contributed by atoms with Crippen molar-refractivity contribution in [2.24, 2.45) is 0 Å². The molecule has 0 spiro atoms. The normalized spacial score (nSPS) is 10.5. The highest BCUT2D eigenvalue weighted by Crippen LogP contribution is 2.22. The Morgan fingerprint density at radius 2 is 2.00 bits per heavy atom. The molecule has 0 aliphatic heterocycles. The third-order valence-corrected chi connectivity index (χ3v) is 3.77. The highest BCUT2D eigenvalue weighted by atomic mass is 16.3. The Balaban J connectivity index is 1.71. The highest BCUT2D eigenvalue weighted by molar-refractivity contribution is 5.93. The Hall–Kier alpha value is -3.15. The summed E-state index contributed by atoms with van der Waals surface area (Å²) in [6, 6.07) is 11.7. The zero-order valence-electron chi connectivity index (χ0n) is 14.3. The predicted octanol–water partition coefficient (Wildman–Crippen LogP) is 3.47. The van der Waals surface area contributed by atoms with Crippen LogP contribution < -0.4 is 10.2 Å². The van der Waals surface area contributed by atoms with Gasteiger partial charge in [0.25, 0.3) is 5.91 Å². The summed E-state index contributed by atoms with van der Waals surface area (Å²) in [7, 11) is 0. The van der Waals surface area contributed by atoms with Gasteiger partial charge in [-0.3, -0.25) is 4.79 Å². The minimum absolute atomic E-state index is 0.235. The zero-order valence-corrected chi connectivity index (χ0v) is 14.3. The molecule has 0 aliphatic rings. The van der Waals surface area contributed by atoms with Crippen molar-refractivity contribution < 1.29 is 9.21 Å². The molecule has 1 N–H and O–H groups in total. The number of furan rings is 1. The van der Waals surface area contributed by atoms with Gasteiger partial charge in [0.2, 0.25) is 5.95 Å². The third-order valence-electron chi connectivity index (χ3n) is 3.77. The Morgan fingerprint density at radius 3 is 2.64 bits per heavy atom. The van der Waals surface area contributed by atoms with Crippen LogP contribution >= 0.6 is 0 Å². The van der Waals surface area contributed by atoms with E-state index in [1.807, 2.05) is 36.9 Å². The van der Waals surface area contributed by atoms with Crippen LogP contribution in [0.15, 0.2) is 59.5 Å². The van der Waals surface area contributed by atoms with E-state index >= 15 is 0 Å². The average molecular weight is 336 g/mol. The van der Waals surface area contributed by atoms with Crippen LogP contribution in [-0.2, 0) is 6.54 Å². The van der Waals surface area contributed by atoms with Crippen LogP contribution in [0.1, 0.15) is 28.6 Å². The summed E-state index contributed by atoms with van der Waals surface area (Å²) in [5.74, 6) is 1.03. The van der Waals surface area contributed by atoms with E-state index in [2.05, 4.69) is 21.4 Å².